The summed E-state index contributed by atoms with van der Waals surface area (Å²) in [6.07, 6.45) is 0. The number of nitrogens with zero attached hydrogens (tertiary/aromatic N) is 2. The highest BCUT2D eigenvalue weighted by atomic mass is 32.1. The second kappa shape index (κ2) is 7.41. The van der Waals surface area contributed by atoms with E-state index in [0.717, 1.165) is 18.2 Å². The van der Waals surface area contributed by atoms with E-state index in [1.165, 1.54) is 11.3 Å². The van der Waals surface area contributed by atoms with Crippen molar-refractivity contribution in [3.05, 3.63) is 40.9 Å². The maximum absolute atomic E-state index is 12.4. The van der Waals surface area contributed by atoms with Crippen LogP contribution in [-0.2, 0) is 4.74 Å². The van der Waals surface area contributed by atoms with E-state index in [1.54, 1.807) is 36.7 Å². The zero-order valence-corrected chi connectivity index (χ0v) is 14.1. The molecule has 2 heterocycles. The predicted molar refractivity (Wildman–Crippen MR) is 92.9 cm³/mol. The Morgan fingerprint density at radius 2 is 2.04 bits per heavy atom. The van der Waals surface area contributed by atoms with E-state index in [-0.39, 0.29) is 11.8 Å². The average molecular weight is 346 g/mol. The number of ether oxygens (including phenoxy) is 1. The summed E-state index contributed by atoms with van der Waals surface area (Å²) in [7, 11) is 1.57. The van der Waals surface area contributed by atoms with Crippen molar-refractivity contribution in [2.24, 2.45) is 0 Å². The van der Waals surface area contributed by atoms with Gasteiger partial charge in [0.1, 0.15) is 5.69 Å². The quantitative estimate of drug-likeness (QED) is 0.878. The predicted octanol–water partition coefficient (Wildman–Crippen LogP) is 1.59. The van der Waals surface area contributed by atoms with Gasteiger partial charge in [0.15, 0.2) is 5.13 Å². The molecule has 0 saturated carbocycles. The van der Waals surface area contributed by atoms with Crippen LogP contribution in [0.25, 0.3) is 0 Å². The standard InChI is InChI=1S/C16H18N4O3S/c1-17-14(21)11-3-2-4-12(9-11)18-15(22)13-10-24-16(19-13)20-5-7-23-8-6-20/h2-4,9-10H,5-8H2,1H3,(H,17,21)(H,18,22). The first kappa shape index (κ1) is 16.4. The van der Waals surface area contributed by atoms with Gasteiger partial charge < -0.3 is 20.3 Å². The van der Waals surface area contributed by atoms with Gasteiger partial charge in [0, 0.05) is 36.8 Å². The lowest BCUT2D eigenvalue weighted by atomic mass is 10.2. The molecule has 1 aromatic heterocycles. The van der Waals surface area contributed by atoms with Crippen LogP contribution in [0.1, 0.15) is 20.8 Å². The van der Waals surface area contributed by atoms with Crippen LogP contribution in [0.2, 0.25) is 0 Å². The number of anilines is 2. The number of amides is 2. The first-order valence-electron chi connectivity index (χ1n) is 7.59. The minimum atomic E-state index is -0.292. The topological polar surface area (TPSA) is 83.6 Å². The molecule has 2 N–H and O–H groups in total. The van der Waals surface area contributed by atoms with Gasteiger partial charge in [-0.3, -0.25) is 9.59 Å². The maximum Gasteiger partial charge on any atom is 0.275 e. The Hall–Kier alpha value is -2.45. The molecule has 0 aliphatic carbocycles. The summed E-state index contributed by atoms with van der Waals surface area (Å²) in [5, 5.41) is 7.89. The molecule has 7 nitrogen and oxygen atoms in total. The monoisotopic (exact) mass is 346 g/mol. The van der Waals surface area contributed by atoms with E-state index < -0.39 is 0 Å². The second-order valence-electron chi connectivity index (χ2n) is 5.23. The molecule has 126 valence electrons. The molecule has 0 atom stereocenters. The molecule has 1 fully saturated rings. The van der Waals surface area contributed by atoms with Crippen LogP contribution in [-0.4, -0.2) is 50.1 Å². The van der Waals surface area contributed by atoms with Crippen molar-refractivity contribution >= 4 is 34.0 Å². The number of nitrogens with one attached hydrogen (secondary N) is 2. The van der Waals surface area contributed by atoms with Crippen LogP contribution in [0.4, 0.5) is 10.8 Å². The first-order valence-corrected chi connectivity index (χ1v) is 8.47. The number of hydrogen-bond donors (Lipinski definition) is 2. The van der Waals surface area contributed by atoms with Crippen LogP contribution >= 0.6 is 11.3 Å². The Bertz CT molecular complexity index is 740. The SMILES string of the molecule is CNC(=O)c1cccc(NC(=O)c2csc(N3CCOCC3)n2)c1. The van der Waals surface area contributed by atoms with Gasteiger partial charge >= 0.3 is 0 Å². The Balaban J connectivity index is 1.69. The number of hydrogen-bond acceptors (Lipinski definition) is 6. The molecule has 1 aliphatic rings. The lowest BCUT2D eigenvalue weighted by Crippen LogP contribution is -2.36. The third-order valence-corrected chi connectivity index (χ3v) is 4.52. The van der Waals surface area contributed by atoms with Crippen molar-refractivity contribution < 1.29 is 14.3 Å². The Morgan fingerprint density at radius 3 is 2.79 bits per heavy atom. The fourth-order valence-electron chi connectivity index (χ4n) is 2.35. The molecule has 2 aromatic rings. The van der Waals surface area contributed by atoms with Crippen molar-refractivity contribution in [1.29, 1.82) is 0 Å². The summed E-state index contributed by atoms with van der Waals surface area (Å²) in [6.45, 7) is 2.91. The van der Waals surface area contributed by atoms with Crippen molar-refractivity contribution in [3.63, 3.8) is 0 Å². The molecule has 1 aliphatic heterocycles. The molecular weight excluding hydrogens is 328 g/mol. The van der Waals surface area contributed by atoms with Crippen molar-refractivity contribution in [3.8, 4) is 0 Å². The highest BCUT2D eigenvalue weighted by molar-refractivity contribution is 7.14. The number of thiazole rings is 1. The summed E-state index contributed by atoms with van der Waals surface area (Å²) in [5.74, 6) is -0.492. The van der Waals surface area contributed by atoms with Gasteiger partial charge in [0.25, 0.3) is 11.8 Å². The summed E-state index contributed by atoms with van der Waals surface area (Å²) in [4.78, 5) is 30.5. The largest absolute Gasteiger partial charge is 0.378 e. The highest BCUT2D eigenvalue weighted by Crippen LogP contribution is 2.22. The van der Waals surface area contributed by atoms with Gasteiger partial charge in [-0.25, -0.2) is 4.98 Å². The Labute approximate surface area is 143 Å². The molecule has 3 rings (SSSR count). The normalized spacial score (nSPS) is 14.3. The van der Waals surface area contributed by atoms with E-state index in [4.69, 9.17) is 4.74 Å². The third-order valence-electron chi connectivity index (χ3n) is 3.62. The van der Waals surface area contributed by atoms with Gasteiger partial charge in [0.2, 0.25) is 0 Å². The minimum Gasteiger partial charge on any atom is -0.378 e. The average Bonchev–Trinajstić information content (AvgIpc) is 3.12. The fourth-order valence-corrected chi connectivity index (χ4v) is 3.21. The van der Waals surface area contributed by atoms with Crippen molar-refractivity contribution in [1.82, 2.24) is 10.3 Å². The number of aromatic nitrogens is 1. The number of morpholine rings is 1. The van der Waals surface area contributed by atoms with E-state index in [2.05, 4.69) is 20.5 Å². The zero-order valence-electron chi connectivity index (χ0n) is 13.2. The van der Waals surface area contributed by atoms with Crippen molar-refractivity contribution in [2.75, 3.05) is 43.6 Å². The number of rotatable bonds is 4. The Morgan fingerprint density at radius 1 is 1.25 bits per heavy atom. The van der Waals surface area contributed by atoms with Gasteiger partial charge in [-0.1, -0.05) is 6.07 Å². The number of benzene rings is 1. The van der Waals surface area contributed by atoms with Gasteiger partial charge in [-0.15, -0.1) is 11.3 Å². The smallest absolute Gasteiger partial charge is 0.275 e. The first-order chi connectivity index (χ1) is 11.7. The minimum absolute atomic E-state index is 0.200. The van der Waals surface area contributed by atoms with Gasteiger partial charge in [-0.2, -0.15) is 0 Å². The summed E-state index contributed by atoms with van der Waals surface area (Å²) < 4.78 is 5.32. The van der Waals surface area contributed by atoms with Crippen molar-refractivity contribution in [2.45, 2.75) is 0 Å². The van der Waals surface area contributed by atoms with Gasteiger partial charge in [-0.05, 0) is 18.2 Å². The lowest BCUT2D eigenvalue weighted by Gasteiger charge is -2.25. The van der Waals surface area contributed by atoms with E-state index in [0.29, 0.717) is 30.2 Å². The van der Waals surface area contributed by atoms with E-state index in [1.807, 2.05) is 0 Å². The molecule has 2 amide bonds. The second-order valence-corrected chi connectivity index (χ2v) is 6.07. The van der Waals surface area contributed by atoms with Crippen LogP contribution in [0.5, 0.6) is 0 Å². The zero-order chi connectivity index (χ0) is 16.9. The molecule has 24 heavy (non-hydrogen) atoms. The summed E-state index contributed by atoms with van der Waals surface area (Å²) in [5.41, 5.74) is 1.41. The van der Waals surface area contributed by atoms with Crippen LogP contribution in [0.3, 0.4) is 0 Å². The Kier molecular flexibility index (Phi) is 5.07. The van der Waals surface area contributed by atoms with Crippen LogP contribution < -0.4 is 15.5 Å². The van der Waals surface area contributed by atoms with Crippen LogP contribution in [0, 0.1) is 0 Å². The molecule has 1 aromatic carbocycles. The fraction of sp³-hybridized carbons (Fsp3) is 0.312. The molecule has 0 unspecified atom stereocenters. The number of carbonyl (C=O) groups excluding carboxylic acids is 2. The number of carbonyl (C=O) groups is 2. The van der Waals surface area contributed by atoms with Crippen LogP contribution in [0.15, 0.2) is 29.6 Å². The van der Waals surface area contributed by atoms with E-state index in [9.17, 15) is 9.59 Å². The molecule has 1 saturated heterocycles. The summed E-state index contributed by atoms with van der Waals surface area (Å²) >= 11 is 1.44. The lowest BCUT2D eigenvalue weighted by molar-refractivity contribution is 0.0961. The maximum atomic E-state index is 12.4. The third kappa shape index (κ3) is 3.72. The molecule has 0 spiro atoms. The molecule has 8 heteroatoms. The summed E-state index contributed by atoms with van der Waals surface area (Å²) in [6, 6.07) is 6.78. The molecule has 0 radical (unpaired) electrons. The van der Waals surface area contributed by atoms with Gasteiger partial charge in [0.05, 0.1) is 13.2 Å². The molecular formula is C16H18N4O3S. The molecule has 0 bridgehead atoms. The van der Waals surface area contributed by atoms with E-state index >= 15 is 0 Å². The highest BCUT2D eigenvalue weighted by Gasteiger charge is 2.17.